The van der Waals surface area contributed by atoms with E-state index in [0.717, 1.165) is 20.2 Å². The van der Waals surface area contributed by atoms with Crippen LogP contribution in [0.2, 0.25) is 10.0 Å². The minimum atomic E-state index is -0.250. The van der Waals surface area contributed by atoms with E-state index in [1.807, 2.05) is 48.5 Å². The summed E-state index contributed by atoms with van der Waals surface area (Å²) in [5.74, 6) is -0.499. The van der Waals surface area contributed by atoms with E-state index in [1.165, 1.54) is 22.7 Å². The third-order valence-electron chi connectivity index (χ3n) is 4.18. The third kappa shape index (κ3) is 3.61. The Morgan fingerprint density at radius 3 is 1.50 bits per heavy atom. The molecule has 2 aromatic heterocycles. The molecule has 4 nitrogen and oxygen atoms in total. The smallest absolute Gasteiger partial charge is 0.262 e. The molecular weight excluding hydrogens is 435 g/mol. The van der Waals surface area contributed by atoms with Crippen molar-refractivity contribution in [3.63, 3.8) is 0 Å². The minimum Gasteiger partial charge on any atom is -0.350 e. The van der Waals surface area contributed by atoms with Crippen LogP contribution in [-0.2, 0) is 0 Å². The highest BCUT2D eigenvalue weighted by molar-refractivity contribution is 7.22. The summed E-state index contributed by atoms with van der Waals surface area (Å²) in [5.41, 5.74) is 0. The fourth-order valence-corrected chi connectivity index (χ4v) is 5.70. The highest BCUT2D eigenvalue weighted by Gasteiger charge is 2.18. The molecule has 8 heteroatoms. The number of rotatable bonds is 5. The van der Waals surface area contributed by atoms with Crippen molar-refractivity contribution in [3.05, 3.63) is 68.3 Å². The Balaban J connectivity index is 1.36. The van der Waals surface area contributed by atoms with Gasteiger partial charge in [0.1, 0.15) is 9.75 Å². The fourth-order valence-electron chi connectivity index (χ4n) is 2.83. The van der Waals surface area contributed by atoms with Gasteiger partial charge in [0.2, 0.25) is 0 Å². The van der Waals surface area contributed by atoms with Crippen molar-refractivity contribution in [3.8, 4) is 0 Å². The lowest BCUT2D eigenvalue weighted by Gasteiger charge is -2.06. The second-order valence-electron chi connectivity index (χ2n) is 5.99. The van der Waals surface area contributed by atoms with Gasteiger partial charge in [0.05, 0.1) is 10.0 Å². The number of carbonyl (C=O) groups is 2. The molecule has 0 spiro atoms. The summed E-state index contributed by atoms with van der Waals surface area (Å²) in [4.78, 5) is 25.8. The minimum absolute atomic E-state index is 0.250. The number of thiophene rings is 2. The van der Waals surface area contributed by atoms with E-state index in [0.29, 0.717) is 19.8 Å². The van der Waals surface area contributed by atoms with Crippen LogP contribution in [0.4, 0.5) is 0 Å². The van der Waals surface area contributed by atoms with E-state index in [9.17, 15) is 9.59 Å². The number of halogens is 2. The third-order valence-corrected chi connectivity index (χ3v) is 7.53. The molecule has 2 aromatic carbocycles. The largest absolute Gasteiger partial charge is 0.350 e. The van der Waals surface area contributed by atoms with Crippen LogP contribution < -0.4 is 10.6 Å². The molecule has 0 atom stereocenters. The average Bonchev–Trinajstić information content (AvgIpc) is 3.23. The van der Waals surface area contributed by atoms with Gasteiger partial charge in [0.15, 0.2) is 0 Å². The monoisotopic (exact) mass is 448 g/mol. The van der Waals surface area contributed by atoms with Gasteiger partial charge in [0, 0.05) is 33.3 Å². The van der Waals surface area contributed by atoms with Crippen LogP contribution in [0.1, 0.15) is 19.3 Å². The van der Waals surface area contributed by atoms with Crippen LogP contribution >= 0.6 is 45.9 Å². The summed E-state index contributed by atoms with van der Waals surface area (Å²) >= 11 is 15.3. The number of nitrogens with one attached hydrogen (secondary N) is 2. The Hall–Kier alpha value is -2.12. The number of hydrogen-bond donors (Lipinski definition) is 2. The Kier molecular flexibility index (Phi) is 5.55. The molecule has 4 rings (SSSR count). The Morgan fingerprint density at radius 2 is 1.11 bits per heavy atom. The zero-order chi connectivity index (χ0) is 19.7. The van der Waals surface area contributed by atoms with Crippen molar-refractivity contribution >= 4 is 77.9 Å². The summed E-state index contributed by atoms with van der Waals surface area (Å²) in [6.07, 6.45) is 0. The number of amides is 2. The van der Waals surface area contributed by atoms with Crippen molar-refractivity contribution in [2.75, 3.05) is 13.1 Å². The maximum Gasteiger partial charge on any atom is 0.262 e. The zero-order valence-electron chi connectivity index (χ0n) is 14.4. The summed E-state index contributed by atoms with van der Waals surface area (Å²) in [7, 11) is 0. The van der Waals surface area contributed by atoms with E-state index in [1.54, 1.807) is 0 Å². The van der Waals surface area contributed by atoms with Crippen LogP contribution in [-0.4, -0.2) is 24.9 Å². The molecule has 2 amide bonds. The van der Waals surface area contributed by atoms with Crippen molar-refractivity contribution in [1.29, 1.82) is 0 Å². The number of fused-ring (bicyclic) bond motifs is 2. The normalized spacial score (nSPS) is 11.1. The van der Waals surface area contributed by atoms with Crippen molar-refractivity contribution in [1.82, 2.24) is 10.6 Å². The fraction of sp³-hybridized carbons (Fsp3) is 0.100. The predicted octanol–water partition coefficient (Wildman–Crippen LogP) is 5.58. The van der Waals surface area contributed by atoms with Crippen molar-refractivity contribution < 1.29 is 9.59 Å². The first-order valence-electron chi connectivity index (χ1n) is 8.46. The van der Waals surface area contributed by atoms with Crippen LogP contribution in [0.25, 0.3) is 20.2 Å². The van der Waals surface area contributed by atoms with Crippen LogP contribution in [0, 0.1) is 0 Å². The van der Waals surface area contributed by atoms with Gasteiger partial charge < -0.3 is 10.6 Å². The van der Waals surface area contributed by atoms with Gasteiger partial charge in [0.25, 0.3) is 11.8 Å². The summed E-state index contributed by atoms with van der Waals surface area (Å²) in [6.45, 7) is 0.579. The van der Waals surface area contributed by atoms with E-state index < -0.39 is 0 Å². The average molecular weight is 449 g/mol. The topological polar surface area (TPSA) is 58.2 Å². The second kappa shape index (κ2) is 8.09. The van der Waals surface area contributed by atoms with Crippen molar-refractivity contribution in [2.45, 2.75) is 0 Å². The Bertz CT molecular complexity index is 1110. The summed E-state index contributed by atoms with van der Waals surface area (Å²) in [6, 6.07) is 15.2. The summed E-state index contributed by atoms with van der Waals surface area (Å²) in [5, 5.41) is 8.23. The molecule has 4 aromatic rings. The van der Waals surface area contributed by atoms with Gasteiger partial charge >= 0.3 is 0 Å². The first-order chi connectivity index (χ1) is 13.6. The van der Waals surface area contributed by atoms with Gasteiger partial charge in [-0.2, -0.15) is 0 Å². The molecule has 0 saturated carbocycles. The maximum atomic E-state index is 12.4. The SMILES string of the molecule is O=C(NCCNC(=O)c1sc2ccccc2c1Cl)c1sc2ccccc2c1Cl. The molecule has 0 unspecified atom stereocenters. The lowest BCUT2D eigenvalue weighted by Crippen LogP contribution is -2.34. The highest BCUT2D eigenvalue weighted by atomic mass is 35.5. The van der Waals surface area contributed by atoms with Gasteiger partial charge in [-0.1, -0.05) is 59.6 Å². The standard InChI is InChI=1S/C20H14Cl2N2O2S2/c21-15-11-5-1-3-7-13(11)27-17(15)19(25)23-9-10-24-20(26)18-16(22)12-6-2-4-8-14(12)28-18/h1-8H,9-10H2,(H,23,25)(H,24,26). The van der Waals surface area contributed by atoms with Crippen LogP contribution in [0.5, 0.6) is 0 Å². The van der Waals surface area contributed by atoms with E-state index in [2.05, 4.69) is 10.6 Å². The first kappa shape index (κ1) is 19.2. The van der Waals surface area contributed by atoms with Gasteiger partial charge in [-0.15, -0.1) is 22.7 Å². The molecule has 0 saturated heterocycles. The number of hydrogen-bond acceptors (Lipinski definition) is 4. The number of benzene rings is 2. The molecule has 2 N–H and O–H groups in total. The van der Waals surface area contributed by atoms with E-state index in [-0.39, 0.29) is 24.9 Å². The van der Waals surface area contributed by atoms with Gasteiger partial charge in [-0.25, -0.2) is 0 Å². The molecule has 0 aliphatic rings. The molecule has 28 heavy (non-hydrogen) atoms. The second-order valence-corrected chi connectivity index (χ2v) is 8.85. The molecule has 0 aliphatic heterocycles. The quantitative estimate of drug-likeness (QED) is 0.391. The van der Waals surface area contributed by atoms with Gasteiger partial charge in [-0.05, 0) is 12.1 Å². The lowest BCUT2D eigenvalue weighted by molar-refractivity contribution is 0.0932. The molecular formula is C20H14Cl2N2O2S2. The first-order valence-corrected chi connectivity index (χ1v) is 10.9. The summed E-state index contributed by atoms with van der Waals surface area (Å²) < 4.78 is 1.93. The lowest BCUT2D eigenvalue weighted by atomic mass is 10.2. The van der Waals surface area contributed by atoms with Gasteiger partial charge in [-0.3, -0.25) is 9.59 Å². The molecule has 0 aliphatic carbocycles. The Morgan fingerprint density at radius 1 is 0.714 bits per heavy atom. The maximum absolute atomic E-state index is 12.4. The molecule has 0 radical (unpaired) electrons. The molecule has 142 valence electrons. The molecule has 2 heterocycles. The predicted molar refractivity (Wildman–Crippen MR) is 118 cm³/mol. The van der Waals surface area contributed by atoms with E-state index >= 15 is 0 Å². The zero-order valence-corrected chi connectivity index (χ0v) is 17.6. The Labute approximate surface area is 179 Å². The number of carbonyl (C=O) groups excluding carboxylic acids is 2. The van der Waals surface area contributed by atoms with E-state index in [4.69, 9.17) is 23.2 Å². The highest BCUT2D eigenvalue weighted by Crippen LogP contribution is 2.35. The van der Waals surface area contributed by atoms with Crippen LogP contribution in [0.3, 0.4) is 0 Å². The van der Waals surface area contributed by atoms with Crippen LogP contribution in [0.15, 0.2) is 48.5 Å². The molecule has 0 bridgehead atoms. The molecule has 0 fully saturated rings. The van der Waals surface area contributed by atoms with Crippen molar-refractivity contribution in [2.24, 2.45) is 0 Å².